The molecule has 1 heterocycles. The molecule has 2 fully saturated rings. The highest BCUT2D eigenvalue weighted by molar-refractivity contribution is 4.86. The van der Waals surface area contributed by atoms with Crippen LogP contribution in [0.5, 0.6) is 0 Å². The second kappa shape index (κ2) is 4.40. The van der Waals surface area contributed by atoms with E-state index in [-0.39, 0.29) is 11.9 Å². The summed E-state index contributed by atoms with van der Waals surface area (Å²) in [5.41, 5.74) is 0. The van der Waals surface area contributed by atoms with E-state index < -0.39 is 0 Å². The number of nitrogens with one attached hydrogen (secondary N) is 1. The zero-order chi connectivity index (χ0) is 10.9. The lowest BCUT2D eigenvalue weighted by atomic mass is 10.1. The molecule has 1 saturated carbocycles. The molecule has 2 aliphatic rings. The van der Waals surface area contributed by atoms with Gasteiger partial charge in [0.15, 0.2) is 5.79 Å². The number of ether oxygens (including phenoxy) is 2. The Bertz CT molecular complexity index is 214. The van der Waals surface area contributed by atoms with Crippen molar-refractivity contribution in [3.8, 4) is 0 Å². The van der Waals surface area contributed by atoms with Crippen molar-refractivity contribution in [2.75, 3.05) is 13.2 Å². The first-order valence-electron chi connectivity index (χ1n) is 6.16. The number of hydrogen-bond donors (Lipinski definition) is 1. The van der Waals surface area contributed by atoms with E-state index in [1.165, 1.54) is 19.3 Å². The maximum absolute atomic E-state index is 5.76. The molecule has 1 saturated heterocycles. The molecule has 0 bridgehead atoms. The van der Waals surface area contributed by atoms with Crippen molar-refractivity contribution in [1.29, 1.82) is 0 Å². The topological polar surface area (TPSA) is 30.5 Å². The van der Waals surface area contributed by atoms with E-state index in [1.54, 1.807) is 0 Å². The van der Waals surface area contributed by atoms with Gasteiger partial charge in [0.05, 0.1) is 12.7 Å². The van der Waals surface area contributed by atoms with E-state index in [4.69, 9.17) is 9.47 Å². The Morgan fingerprint density at radius 1 is 1.40 bits per heavy atom. The van der Waals surface area contributed by atoms with E-state index >= 15 is 0 Å². The van der Waals surface area contributed by atoms with Gasteiger partial charge in [0, 0.05) is 12.6 Å². The highest BCUT2D eigenvalue weighted by Gasteiger charge is 2.34. The average molecular weight is 213 g/mol. The van der Waals surface area contributed by atoms with Crippen LogP contribution in [-0.2, 0) is 9.47 Å². The molecule has 0 radical (unpaired) electrons. The molecule has 15 heavy (non-hydrogen) atoms. The van der Waals surface area contributed by atoms with Crippen LogP contribution in [0.15, 0.2) is 0 Å². The van der Waals surface area contributed by atoms with E-state index in [2.05, 4.69) is 12.2 Å². The summed E-state index contributed by atoms with van der Waals surface area (Å²) in [5, 5.41) is 3.61. The third-order valence-corrected chi connectivity index (χ3v) is 3.31. The van der Waals surface area contributed by atoms with Crippen LogP contribution < -0.4 is 5.32 Å². The van der Waals surface area contributed by atoms with Gasteiger partial charge in [-0.2, -0.15) is 0 Å². The van der Waals surface area contributed by atoms with Crippen molar-refractivity contribution in [3.63, 3.8) is 0 Å². The Morgan fingerprint density at radius 2 is 2.13 bits per heavy atom. The molecule has 1 aliphatic carbocycles. The summed E-state index contributed by atoms with van der Waals surface area (Å²) in [7, 11) is 0. The predicted molar refractivity (Wildman–Crippen MR) is 59.7 cm³/mol. The fourth-order valence-electron chi connectivity index (χ4n) is 2.29. The number of rotatable bonds is 5. The fourth-order valence-corrected chi connectivity index (χ4v) is 2.29. The Hall–Kier alpha value is -0.120. The Kier molecular flexibility index (Phi) is 3.33. The van der Waals surface area contributed by atoms with Crippen LogP contribution >= 0.6 is 0 Å². The smallest absolute Gasteiger partial charge is 0.163 e. The summed E-state index contributed by atoms with van der Waals surface area (Å²) in [6.07, 6.45) is 4.26. The maximum Gasteiger partial charge on any atom is 0.163 e. The van der Waals surface area contributed by atoms with Gasteiger partial charge in [-0.15, -0.1) is 0 Å². The van der Waals surface area contributed by atoms with Crippen molar-refractivity contribution in [2.45, 2.75) is 58.0 Å². The van der Waals surface area contributed by atoms with E-state index in [0.29, 0.717) is 6.04 Å². The van der Waals surface area contributed by atoms with Crippen LogP contribution in [0.2, 0.25) is 0 Å². The lowest BCUT2D eigenvalue weighted by molar-refractivity contribution is -0.137. The van der Waals surface area contributed by atoms with Gasteiger partial charge in [0.25, 0.3) is 0 Å². The molecule has 0 aromatic heterocycles. The molecule has 2 unspecified atom stereocenters. The van der Waals surface area contributed by atoms with Crippen molar-refractivity contribution >= 4 is 0 Å². The van der Waals surface area contributed by atoms with E-state index in [0.717, 1.165) is 19.1 Å². The van der Waals surface area contributed by atoms with E-state index in [1.807, 2.05) is 13.8 Å². The van der Waals surface area contributed by atoms with Gasteiger partial charge in [-0.3, -0.25) is 0 Å². The first kappa shape index (κ1) is 11.4. The van der Waals surface area contributed by atoms with Gasteiger partial charge in [-0.1, -0.05) is 6.92 Å². The molecule has 0 amide bonds. The third kappa shape index (κ3) is 3.16. The first-order valence-corrected chi connectivity index (χ1v) is 6.16. The summed E-state index contributed by atoms with van der Waals surface area (Å²) >= 11 is 0. The highest BCUT2D eigenvalue weighted by atomic mass is 16.7. The monoisotopic (exact) mass is 213 g/mol. The SMILES string of the molecule is CCC(NCC1COC(C)(C)O1)C1CC1. The molecular formula is C12H23NO2. The maximum atomic E-state index is 5.76. The second-order valence-electron chi connectivity index (χ2n) is 5.21. The average Bonchev–Trinajstić information content (AvgIpc) is 2.93. The molecule has 2 rings (SSSR count). The minimum absolute atomic E-state index is 0.229. The minimum Gasteiger partial charge on any atom is -0.348 e. The van der Waals surface area contributed by atoms with Gasteiger partial charge in [0.2, 0.25) is 0 Å². The van der Waals surface area contributed by atoms with Crippen LogP contribution in [0.25, 0.3) is 0 Å². The predicted octanol–water partition coefficient (Wildman–Crippen LogP) is 1.92. The Balaban J connectivity index is 1.69. The lowest BCUT2D eigenvalue weighted by Crippen LogP contribution is -2.38. The summed E-state index contributed by atoms with van der Waals surface area (Å²) in [6.45, 7) is 7.86. The quantitative estimate of drug-likeness (QED) is 0.757. The minimum atomic E-state index is -0.381. The van der Waals surface area contributed by atoms with E-state index in [9.17, 15) is 0 Å². The second-order valence-corrected chi connectivity index (χ2v) is 5.21. The standard InChI is InChI=1S/C12H23NO2/c1-4-11(9-5-6-9)13-7-10-8-14-12(2,3)15-10/h9-11,13H,4-8H2,1-3H3. The third-order valence-electron chi connectivity index (χ3n) is 3.31. The highest BCUT2D eigenvalue weighted by Crippen LogP contribution is 2.34. The van der Waals surface area contributed by atoms with Gasteiger partial charge in [-0.25, -0.2) is 0 Å². The van der Waals surface area contributed by atoms with Crippen LogP contribution in [0, 0.1) is 5.92 Å². The molecule has 1 aliphatic heterocycles. The summed E-state index contributed by atoms with van der Waals surface area (Å²) in [6, 6.07) is 0.692. The number of hydrogen-bond acceptors (Lipinski definition) is 3. The molecule has 0 aromatic rings. The van der Waals surface area contributed by atoms with Crippen LogP contribution in [-0.4, -0.2) is 31.1 Å². The van der Waals surface area contributed by atoms with Gasteiger partial charge in [-0.05, 0) is 39.0 Å². The summed E-state index contributed by atoms with van der Waals surface area (Å²) in [4.78, 5) is 0. The molecule has 1 N–H and O–H groups in total. The molecule has 88 valence electrons. The van der Waals surface area contributed by atoms with Crippen molar-refractivity contribution in [1.82, 2.24) is 5.32 Å². The molecular weight excluding hydrogens is 190 g/mol. The molecule has 0 aromatic carbocycles. The van der Waals surface area contributed by atoms with Crippen molar-refractivity contribution < 1.29 is 9.47 Å². The Morgan fingerprint density at radius 3 is 2.60 bits per heavy atom. The fraction of sp³-hybridized carbons (Fsp3) is 1.00. The zero-order valence-electron chi connectivity index (χ0n) is 10.1. The van der Waals surface area contributed by atoms with Crippen LogP contribution in [0.1, 0.15) is 40.0 Å². The first-order chi connectivity index (χ1) is 7.11. The molecule has 2 atom stereocenters. The summed E-state index contributed by atoms with van der Waals surface area (Å²) in [5.74, 6) is 0.540. The zero-order valence-corrected chi connectivity index (χ0v) is 10.1. The Labute approximate surface area is 92.5 Å². The van der Waals surface area contributed by atoms with Gasteiger partial charge < -0.3 is 14.8 Å². The van der Waals surface area contributed by atoms with Crippen LogP contribution in [0.4, 0.5) is 0 Å². The van der Waals surface area contributed by atoms with Crippen molar-refractivity contribution in [3.05, 3.63) is 0 Å². The normalized spacial score (nSPS) is 31.8. The molecule has 3 heteroatoms. The van der Waals surface area contributed by atoms with Gasteiger partial charge in [0.1, 0.15) is 0 Å². The van der Waals surface area contributed by atoms with Crippen molar-refractivity contribution in [2.24, 2.45) is 5.92 Å². The lowest BCUT2D eigenvalue weighted by Gasteiger charge is -2.20. The van der Waals surface area contributed by atoms with Gasteiger partial charge >= 0.3 is 0 Å². The van der Waals surface area contributed by atoms with Crippen LogP contribution in [0.3, 0.4) is 0 Å². The largest absolute Gasteiger partial charge is 0.348 e. The summed E-state index contributed by atoms with van der Waals surface area (Å²) < 4.78 is 11.3. The molecule has 0 spiro atoms. The molecule has 3 nitrogen and oxygen atoms in total.